The molecule has 1 aromatic heterocycles. The molecule has 0 unspecified atom stereocenters. The van der Waals surface area contributed by atoms with Crippen molar-refractivity contribution in [1.29, 1.82) is 5.41 Å². The molecule has 1 heterocycles. The van der Waals surface area contributed by atoms with Gasteiger partial charge in [0.2, 0.25) is 0 Å². The molecule has 0 aliphatic carbocycles. The second-order valence-electron chi connectivity index (χ2n) is 3.76. The zero-order chi connectivity index (χ0) is 13.0. The Labute approximate surface area is 105 Å². The quantitative estimate of drug-likeness (QED) is 0.509. The average Bonchev–Trinajstić information content (AvgIpc) is 2.40. The van der Waals surface area contributed by atoms with Crippen LogP contribution < -0.4 is 4.74 Å². The molecule has 2 aromatic rings. The lowest BCUT2D eigenvalue weighted by Gasteiger charge is -2.05. The standard InChI is InChI=1S/C14H12N2O2/c1-10(15)14(17)18-12-6-4-5-11(9-12)13-7-2-3-8-16-13/h2-9,15H,1H3. The molecule has 1 N–H and O–H groups in total. The third-order valence-electron chi connectivity index (χ3n) is 2.31. The Morgan fingerprint density at radius 1 is 1.22 bits per heavy atom. The number of carbonyl (C=O) groups is 1. The minimum absolute atomic E-state index is 0.127. The van der Waals surface area contributed by atoms with Crippen LogP contribution in [0, 0.1) is 5.41 Å². The fourth-order valence-corrected chi connectivity index (χ4v) is 1.44. The Morgan fingerprint density at radius 3 is 2.72 bits per heavy atom. The van der Waals surface area contributed by atoms with Crippen molar-refractivity contribution in [2.75, 3.05) is 0 Å². The lowest BCUT2D eigenvalue weighted by molar-refractivity contribution is -0.127. The van der Waals surface area contributed by atoms with Crippen molar-refractivity contribution in [3.63, 3.8) is 0 Å². The van der Waals surface area contributed by atoms with Gasteiger partial charge < -0.3 is 4.74 Å². The van der Waals surface area contributed by atoms with E-state index in [9.17, 15) is 4.79 Å². The van der Waals surface area contributed by atoms with Crippen LogP contribution in [-0.4, -0.2) is 16.7 Å². The lowest BCUT2D eigenvalue weighted by Crippen LogP contribution is -2.16. The van der Waals surface area contributed by atoms with Gasteiger partial charge in [0.05, 0.1) is 5.69 Å². The summed E-state index contributed by atoms with van der Waals surface area (Å²) in [4.78, 5) is 15.5. The molecule has 0 atom stereocenters. The Morgan fingerprint density at radius 2 is 2.06 bits per heavy atom. The number of rotatable bonds is 3. The summed E-state index contributed by atoms with van der Waals surface area (Å²) >= 11 is 0. The topological polar surface area (TPSA) is 63.0 Å². The maximum atomic E-state index is 11.3. The highest BCUT2D eigenvalue weighted by Crippen LogP contribution is 2.21. The van der Waals surface area contributed by atoms with Crippen LogP contribution in [0.2, 0.25) is 0 Å². The summed E-state index contributed by atoms with van der Waals surface area (Å²) in [5.41, 5.74) is 1.55. The van der Waals surface area contributed by atoms with E-state index in [1.165, 1.54) is 6.92 Å². The van der Waals surface area contributed by atoms with Crippen molar-refractivity contribution in [2.24, 2.45) is 0 Å². The number of nitrogens with zero attached hydrogens (tertiary/aromatic N) is 1. The summed E-state index contributed by atoms with van der Waals surface area (Å²) < 4.78 is 5.05. The number of hydrogen-bond donors (Lipinski definition) is 1. The zero-order valence-electron chi connectivity index (χ0n) is 9.88. The first kappa shape index (κ1) is 12.0. The summed E-state index contributed by atoms with van der Waals surface area (Å²) in [6, 6.07) is 12.7. The molecule has 4 nitrogen and oxygen atoms in total. The Balaban J connectivity index is 2.26. The number of pyridine rings is 1. The SMILES string of the molecule is CC(=N)C(=O)Oc1cccc(-c2ccccn2)c1. The molecule has 18 heavy (non-hydrogen) atoms. The number of hydrogen-bond acceptors (Lipinski definition) is 4. The van der Waals surface area contributed by atoms with Crippen LogP contribution in [0.3, 0.4) is 0 Å². The van der Waals surface area contributed by atoms with E-state index in [0.717, 1.165) is 11.3 Å². The van der Waals surface area contributed by atoms with Gasteiger partial charge in [-0.1, -0.05) is 18.2 Å². The molecule has 0 saturated carbocycles. The first-order valence-corrected chi connectivity index (χ1v) is 5.45. The fourth-order valence-electron chi connectivity index (χ4n) is 1.44. The smallest absolute Gasteiger partial charge is 0.357 e. The van der Waals surface area contributed by atoms with Crippen molar-refractivity contribution in [1.82, 2.24) is 4.98 Å². The van der Waals surface area contributed by atoms with Crippen LogP contribution >= 0.6 is 0 Å². The van der Waals surface area contributed by atoms with E-state index in [2.05, 4.69) is 4.98 Å². The molecule has 0 saturated heterocycles. The Kier molecular flexibility index (Phi) is 3.48. The molecule has 0 amide bonds. The second kappa shape index (κ2) is 5.23. The summed E-state index contributed by atoms with van der Waals surface area (Å²) in [6.07, 6.45) is 1.70. The molecule has 1 aromatic carbocycles. The minimum atomic E-state index is -0.645. The van der Waals surface area contributed by atoms with Gasteiger partial charge in [0.1, 0.15) is 11.5 Å². The minimum Gasteiger partial charge on any atom is -0.422 e. The summed E-state index contributed by atoms with van der Waals surface area (Å²) in [5.74, 6) is -0.233. The van der Waals surface area contributed by atoms with Crippen molar-refractivity contribution in [3.8, 4) is 17.0 Å². The van der Waals surface area contributed by atoms with Gasteiger partial charge in [-0.3, -0.25) is 10.4 Å². The molecule has 0 aliphatic heterocycles. The second-order valence-corrected chi connectivity index (χ2v) is 3.76. The summed E-state index contributed by atoms with van der Waals surface area (Å²) in [7, 11) is 0. The van der Waals surface area contributed by atoms with Gasteiger partial charge in [-0.15, -0.1) is 0 Å². The molecular weight excluding hydrogens is 228 g/mol. The molecule has 0 aliphatic rings. The summed E-state index contributed by atoms with van der Waals surface area (Å²) in [6.45, 7) is 1.39. The highest BCUT2D eigenvalue weighted by atomic mass is 16.5. The monoisotopic (exact) mass is 240 g/mol. The largest absolute Gasteiger partial charge is 0.422 e. The number of esters is 1. The number of carbonyl (C=O) groups excluding carboxylic acids is 1. The number of benzene rings is 1. The van der Waals surface area contributed by atoms with Gasteiger partial charge in [0, 0.05) is 11.8 Å². The van der Waals surface area contributed by atoms with E-state index in [-0.39, 0.29) is 5.71 Å². The van der Waals surface area contributed by atoms with Crippen LogP contribution in [0.15, 0.2) is 48.7 Å². The molecule has 2 rings (SSSR count). The number of aromatic nitrogens is 1. The average molecular weight is 240 g/mol. The molecule has 0 bridgehead atoms. The molecule has 0 fully saturated rings. The first-order chi connectivity index (χ1) is 8.66. The lowest BCUT2D eigenvalue weighted by atomic mass is 10.1. The van der Waals surface area contributed by atoms with Gasteiger partial charge in [-0.25, -0.2) is 4.79 Å². The number of ether oxygens (including phenoxy) is 1. The normalized spacial score (nSPS) is 9.83. The van der Waals surface area contributed by atoms with Crippen LogP contribution in [-0.2, 0) is 4.79 Å². The predicted molar refractivity (Wildman–Crippen MR) is 68.7 cm³/mol. The van der Waals surface area contributed by atoms with E-state index in [0.29, 0.717) is 5.75 Å². The number of nitrogens with one attached hydrogen (secondary N) is 1. The maximum absolute atomic E-state index is 11.3. The van der Waals surface area contributed by atoms with Crippen molar-refractivity contribution in [3.05, 3.63) is 48.7 Å². The predicted octanol–water partition coefficient (Wildman–Crippen LogP) is 2.69. The van der Waals surface area contributed by atoms with E-state index in [1.54, 1.807) is 24.4 Å². The van der Waals surface area contributed by atoms with Crippen LogP contribution in [0.1, 0.15) is 6.92 Å². The molecule has 4 heteroatoms. The van der Waals surface area contributed by atoms with Crippen LogP contribution in [0.4, 0.5) is 0 Å². The van der Waals surface area contributed by atoms with E-state index in [1.807, 2.05) is 24.3 Å². The van der Waals surface area contributed by atoms with Crippen LogP contribution in [0.25, 0.3) is 11.3 Å². The Bertz CT molecular complexity index is 579. The third-order valence-corrected chi connectivity index (χ3v) is 2.31. The van der Waals surface area contributed by atoms with Crippen LogP contribution in [0.5, 0.6) is 5.75 Å². The maximum Gasteiger partial charge on any atom is 0.357 e. The van der Waals surface area contributed by atoms with Crippen molar-refractivity contribution < 1.29 is 9.53 Å². The zero-order valence-corrected chi connectivity index (χ0v) is 9.88. The van der Waals surface area contributed by atoms with Gasteiger partial charge in [0.15, 0.2) is 0 Å². The van der Waals surface area contributed by atoms with Gasteiger partial charge >= 0.3 is 5.97 Å². The van der Waals surface area contributed by atoms with E-state index >= 15 is 0 Å². The first-order valence-electron chi connectivity index (χ1n) is 5.45. The van der Waals surface area contributed by atoms with Gasteiger partial charge in [-0.2, -0.15) is 0 Å². The van der Waals surface area contributed by atoms with Crippen molar-refractivity contribution >= 4 is 11.7 Å². The highest BCUT2D eigenvalue weighted by Gasteiger charge is 2.08. The Hall–Kier alpha value is -2.49. The molecular formula is C14H12N2O2. The van der Waals surface area contributed by atoms with Gasteiger partial charge in [0.25, 0.3) is 0 Å². The fraction of sp³-hybridized carbons (Fsp3) is 0.0714. The summed E-state index contributed by atoms with van der Waals surface area (Å²) in [5, 5.41) is 7.18. The molecule has 0 spiro atoms. The third kappa shape index (κ3) is 2.79. The molecule has 90 valence electrons. The van der Waals surface area contributed by atoms with Gasteiger partial charge in [-0.05, 0) is 31.2 Å². The van der Waals surface area contributed by atoms with E-state index < -0.39 is 5.97 Å². The highest BCUT2D eigenvalue weighted by molar-refractivity contribution is 6.34. The molecule has 0 radical (unpaired) electrons. The van der Waals surface area contributed by atoms with Crippen molar-refractivity contribution in [2.45, 2.75) is 6.92 Å². The van der Waals surface area contributed by atoms with E-state index in [4.69, 9.17) is 10.1 Å².